The van der Waals surface area contributed by atoms with Crippen molar-refractivity contribution in [3.05, 3.63) is 27.8 Å². The highest BCUT2D eigenvalue weighted by Gasteiger charge is 2.48. The van der Waals surface area contributed by atoms with Gasteiger partial charge in [-0.25, -0.2) is 0 Å². The molecule has 0 radical (unpaired) electrons. The summed E-state index contributed by atoms with van der Waals surface area (Å²) in [6.45, 7) is 2.06. The topological polar surface area (TPSA) is 52.9 Å². The summed E-state index contributed by atoms with van der Waals surface area (Å²) in [5.41, 5.74) is -0.0446. The Kier molecular flexibility index (Phi) is 3.38. The van der Waals surface area contributed by atoms with Gasteiger partial charge in [0.15, 0.2) is 0 Å². The molecule has 88 valence electrons. The van der Waals surface area contributed by atoms with Crippen LogP contribution in [0.25, 0.3) is 0 Å². The molecule has 0 unspecified atom stereocenters. The van der Waals surface area contributed by atoms with Gasteiger partial charge in [-0.3, -0.25) is 4.79 Å². The number of amides is 1. The molecule has 1 aromatic rings. The van der Waals surface area contributed by atoms with Crippen molar-refractivity contribution >= 4 is 34.2 Å². The molecule has 2 rings (SSSR count). The number of nitriles is 1. The van der Waals surface area contributed by atoms with Gasteiger partial charge in [-0.1, -0.05) is 13.0 Å². The normalized spacial score (nSPS) is 26.8. The maximum Gasteiger partial charge on any atom is 0.244 e. The Morgan fingerprint density at radius 2 is 2.29 bits per heavy atom. The van der Waals surface area contributed by atoms with Gasteiger partial charge in [-0.05, 0) is 59.5 Å². The van der Waals surface area contributed by atoms with Crippen LogP contribution in [-0.2, 0) is 4.79 Å². The summed E-state index contributed by atoms with van der Waals surface area (Å²) in [6, 6.07) is 9.75. The Balaban J connectivity index is 2.10. The largest absolute Gasteiger partial charge is 0.325 e. The lowest BCUT2D eigenvalue weighted by Gasteiger charge is -2.39. The summed E-state index contributed by atoms with van der Waals surface area (Å²) in [6.07, 6.45) is 1.33. The van der Waals surface area contributed by atoms with Gasteiger partial charge in [0.05, 0.1) is 6.07 Å². The minimum atomic E-state index is -0.805. The van der Waals surface area contributed by atoms with Crippen LogP contribution >= 0.6 is 22.6 Å². The van der Waals surface area contributed by atoms with E-state index in [9.17, 15) is 4.79 Å². The van der Waals surface area contributed by atoms with E-state index in [1.807, 2.05) is 24.3 Å². The van der Waals surface area contributed by atoms with Crippen LogP contribution < -0.4 is 5.32 Å². The Bertz CT molecular complexity index is 486. The van der Waals surface area contributed by atoms with E-state index in [1.165, 1.54) is 0 Å². The van der Waals surface area contributed by atoms with Crippen molar-refractivity contribution in [1.82, 2.24) is 0 Å². The number of rotatable bonds is 2. The summed E-state index contributed by atoms with van der Waals surface area (Å²) in [4.78, 5) is 12.1. The number of anilines is 1. The third-order valence-electron chi connectivity index (χ3n) is 3.12. The van der Waals surface area contributed by atoms with Gasteiger partial charge < -0.3 is 5.32 Å². The summed E-state index contributed by atoms with van der Waals surface area (Å²) < 4.78 is 1.06. The molecule has 0 aromatic heterocycles. The SMILES string of the molecule is CC1CC(C#N)(C(=O)Nc2cccc(I)c2)C1. The molecular formula is C13H13IN2O. The summed E-state index contributed by atoms with van der Waals surface area (Å²) in [7, 11) is 0. The van der Waals surface area contributed by atoms with Gasteiger partial charge in [0.1, 0.15) is 5.41 Å². The van der Waals surface area contributed by atoms with E-state index in [0.717, 1.165) is 9.26 Å². The lowest BCUT2D eigenvalue weighted by atomic mass is 9.63. The van der Waals surface area contributed by atoms with Crippen LogP contribution in [0.5, 0.6) is 0 Å². The predicted molar refractivity (Wildman–Crippen MR) is 74.2 cm³/mol. The van der Waals surface area contributed by atoms with Crippen molar-refractivity contribution in [2.24, 2.45) is 11.3 Å². The molecule has 4 heteroatoms. The van der Waals surface area contributed by atoms with Crippen LogP contribution in [0.2, 0.25) is 0 Å². The van der Waals surface area contributed by atoms with Crippen molar-refractivity contribution in [3.8, 4) is 6.07 Å². The van der Waals surface area contributed by atoms with Gasteiger partial charge in [0.2, 0.25) is 5.91 Å². The number of carbonyl (C=O) groups is 1. The molecule has 1 aromatic carbocycles. The number of carbonyl (C=O) groups excluding carboxylic acids is 1. The summed E-state index contributed by atoms with van der Waals surface area (Å²) in [5, 5.41) is 12.0. The van der Waals surface area contributed by atoms with Crippen molar-refractivity contribution in [2.75, 3.05) is 5.32 Å². The van der Waals surface area contributed by atoms with E-state index in [2.05, 4.69) is 40.9 Å². The zero-order valence-corrected chi connectivity index (χ0v) is 11.7. The first kappa shape index (κ1) is 12.4. The lowest BCUT2D eigenvalue weighted by molar-refractivity contribution is -0.128. The fourth-order valence-corrected chi connectivity index (χ4v) is 2.82. The molecule has 1 aliphatic rings. The molecular weight excluding hydrogens is 327 g/mol. The molecule has 0 heterocycles. The van der Waals surface area contributed by atoms with Gasteiger partial charge in [0.25, 0.3) is 0 Å². The number of hydrogen-bond acceptors (Lipinski definition) is 2. The molecule has 3 nitrogen and oxygen atoms in total. The van der Waals surface area contributed by atoms with Crippen molar-refractivity contribution < 1.29 is 4.79 Å². The van der Waals surface area contributed by atoms with E-state index in [-0.39, 0.29) is 5.91 Å². The van der Waals surface area contributed by atoms with Gasteiger partial charge in [-0.2, -0.15) is 5.26 Å². The Hall–Kier alpha value is -1.09. The highest BCUT2D eigenvalue weighted by molar-refractivity contribution is 14.1. The smallest absolute Gasteiger partial charge is 0.244 e. The van der Waals surface area contributed by atoms with Crippen molar-refractivity contribution in [1.29, 1.82) is 5.26 Å². The molecule has 1 saturated carbocycles. The Labute approximate surface area is 114 Å². The second-order valence-corrected chi connectivity index (χ2v) is 5.92. The van der Waals surface area contributed by atoms with Crippen molar-refractivity contribution in [3.63, 3.8) is 0 Å². The number of benzene rings is 1. The molecule has 0 saturated heterocycles. The maximum absolute atomic E-state index is 12.1. The summed E-state index contributed by atoms with van der Waals surface area (Å²) >= 11 is 2.19. The molecule has 17 heavy (non-hydrogen) atoms. The lowest BCUT2D eigenvalue weighted by Crippen LogP contribution is -2.45. The molecule has 0 aliphatic heterocycles. The molecule has 0 spiro atoms. The van der Waals surface area contributed by atoms with Crippen LogP contribution in [-0.4, -0.2) is 5.91 Å². The second kappa shape index (κ2) is 4.65. The minimum Gasteiger partial charge on any atom is -0.325 e. The van der Waals surface area contributed by atoms with Crippen molar-refractivity contribution in [2.45, 2.75) is 19.8 Å². The van der Waals surface area contributed by atoms with Crippen LogP contribution in [0, 0.1) is 26.2 Å². The molecule has 0 bridgehead atoms. The summed E-state index contributed by atoms with van der Waals surface area (Å²) in [5.74, 6) is 0.302. The third-order valence-corrected chi connectivity index (χ3v) is 3.80. The van der Waals surface area contributed by atoms with Crippen LogP contribution in [0.15, 0.2) is 24.3 Å². The number of hydrogen-bond donors (Lipinski definition) is 1. The van der Waals surface area contributed by atoms with E-state index in [0.29, 0.717) is 18.8 Å². The van der Waals surface area contributed by atoms with E-state index in [1.54, 1.807) is 0 Å². The van der Waals surface area contributed by atoms with Crippen LogP contribution in [0.1, 0.15) is 19.8 Å². The Morgan fingerprint density at radius 3 is 2.82 bits per heavy atom. The monoisotopic (exact) mass is 340 g/mol. The van der Waals surface area contributed by atoms with Gasteiger partial charge in [-0.15, -0.1) is 0 Å². The number of halogens is 1. The van der Waals surface area contributed by atoms with E-state index in [4.69, 9.17) is 5.26 Å². The average Bonchev–Trinajstić information content (AvgIpc) is 2.24. The van der Waals surface area contributed by atoms with Crippen LogP contribution in [0.3, 0.4) is 0 Å². The van der Waals surface area contributed by atoms with Gasteiger partial charge >= 0.3 is 0 Å². The standard InChI is InChI=1S/C13H13IN2O/c1-9-6-13(7-9,8-15)12(17)16-11-4-2-3-10(14)5-11/h2-5,9H,6-7H2,1H3,(H,16,17). The highest BCUT2D eigenvalue weighted by Crippen LogP contribution is 2.45. The molecule has 1 fully saturated rings. The second-order valence-electron chi connectivity index (χ2n) is 4.67. The first-order valence-electron chi connectivity index (χ1n) is 5.54. The van der Waals surface area contributed by atoms with Crippen LogP contribution in [0.4, 0.5) is 5.69 Å². The van der Waals surface area contributed by atoms with E-state index < -0.39 is 5.41 Å². The fraction of sp³-hybridized carbons (Fsp3) is 0.385. The first-order chi connectivity index (χ1) is 8.05. The average molecular weight is 340 g/mol. The van der Waals surface area contributed by atoms with Gasteiger partial charge in [0, 0.05) is 9.26 Å². The quantitative estimate of drug-likeness (QED) is 0.841. The zero-order valence-electron chi connectivity index (χ0n) is 9.53. The zero-order chi connectivity index (χ0) is 12.5. The highest BCUT2D eigenvalue weighted by atomic mass is 127. The first-order valence-corrected chi connectivity index (χ1v) is 6.62. The fourth-order valence-electron chi connectivity index (χ4n) is 2.27. The number of nitrogens with zero attached hydrogens (tertiary/aromatic N) is 1. The molecule has 1 aliphatic carbocycles. The molecule has 1 N–H and O–H groups in total. The maximum atomic E-state index is 12.1. The van der Waals surface area contributed by atoms with E-state index >= 15 is 0 Å². The molecule has 1 amide bonds. The Morgan fingerprint density at radius 1 is 1.59 bits per heavy atom. The number of nitrogens with one attached hydrogen (secondary N) is 1. The predicted octanol–water partition coefficient (Wildman–Crippen LogP) is 3.17. The third kappa shape index (κ3) is 2.44. The molecule has 0 atom stereocenters. The minimum absolute atomic E-state index is 0.167.